The largest absolute Gasteiger partial charge is 0.348 e. The van der Waals surface area contributed by atoms with Crippen LogP contribution >= 0.6 is 11.8 Å². The van der Waals surface area contributed by atoms with Crippen molar-refractivity contribution < 1.29 is 4.58 Å². The van der Waals surface area contributed by atoms with Gasteiger partial charge in [-0.1, -0.05) is 0 Å². The second-order valence-corrected chi connectivity index (χ2v) is 13.6. The summed E-state index contributed by atoms with van der Waals surface area (Å²) in [6.07, 6.45) is 0. The summed E-state index contributed by atoms with van der Waals surface area (Å²) in [6, 6.07) is 3.43. The zero-order valence-corrected chi connectivity index (χ0v) is 28.4. The molecule has 37 heavy (non-hydrogen) atoms. The third-order valence-electron chi connectivity index (χ3n) is 6.42. The van der Waals surface area contributed by atoms with Crippen molar-refractivity contribution in [3.05, 3.63) is 0 Å². The lowest BCUT2D eigenvalue weighted by Crippen LogP contribution is -2.56. The van der Waals surface area contributed by atoms with Crippen LogP contribution in [0.15, 0.2) is 4.99 Å². The van der Waals surface area contributed by atoms with Crippen molar-refractivity contribution in [3.63, 3.8) is 0 Å². The van der Waals surface area contributed by atoms with Gasteiger partial charge in [-0.15, -0.1) is 0 Å². The Hall–Kier alpha value is -1.11. The average molecular weight is 542 g/mol. The summed E-state index contributed by atoms with van der Waals surface area (Å²) in [4.78, 5) is 12.7. The number of guanidine groups is 2. The van der Waals surface area contributed by atoms with Gasteiger partial charge in [0, 0.05) is 35.7 Å². The lowest BCUT2D eigenvalue weighted by Gasteiger charge is -2.43. The minimum Gasteiger partial charge on any atom is -0.338 e. The number of nitrogens with one attached hydrogen (secondary N) is 1. The fourth-order valence-electron chi connectivity index (χ4n) is 5.45. The van der Waals surface area contributed by atoms with E-state index < -0.39 is 0 Å². The molecule has 1 N–H and O–H groups in total. The maximum Gasteiger partial charge on any atom is 0.348 e. The molecule has 0 aromatic heterocycles. The van der Waals surface area contributed by atoms with Gasteiger partial charge in [0.2, 0.25) is 0 Å². The van der Waals surface area contributed by atoms with E-state index in [0.717, 1.165) is 30.6 Å². The standard InChI is InChI=1S/C30H64N6S/c1-21(2)33(22(3)4)29(34(23(5)6)24(7)8)31-17-19-37-20-18-32-30(35(25(9)10)26(11)12)36(27(13)14)28(15)16/h21-28H,17-20H2,1-16H3/p+1. The molecule has 0 saturated carbocycles. The number of hydrogen-bond donors (Lipinski definition) is 1. The number of aliphatic imine (C=N–C) groups is 1. The summed E-state index contributed by atoms with van der Waals surface area (Å²) < 4.78 is 2.53. The second-order valence-electron chi connectivity index (χ2n) is 12.4. The first-order valence-corrected chi connectivity index (χ1v) is 16.1. The monoisotopic (exact) mass is 541 g/mol. The van der Waals surface area contributed by atoms with E-state index in [2.05, 4.69) is 135 Å². The van der Waals surface area contributed by atoms with E-state index in [1.54, 1.807) is 0 Å². The van der Waals surface area contributed by atoms with E-state index in [1.165, 1.54) is 5.96 Å². The van der Waals surface area contributed by atoms with Gasteiger partial charge in [0.15, 0.2) is 5.96 Å². The number of thioether (sulfide) groups is 1. The van der Waals surface area contributed by atoms with Gasteiger partial charge in [-0.05, 0) is 111 Å². The topological polar surface area (TPSA) is 37.1 Å². The van der Waals surface area contributed by atoms with Crippen LogP contribution in [0.25, 0.3) is 0 Å². The molecule has 0 aliphatic heterocycles. The Morgan fingerprint density at radius 2 is 0.973 bits per heavy atom. The highest BCUT2D eigenvalue weighted by Gasteiger charge is 2.30. The van der Waals surface area contributed by atoms with Crippen molar-refractivity contribution >= 4 is 23.7 Å². The number of nitrogens with zero attached hydrogens (tertiary/aromatic N) is 5. The van der Waals surface area contributed by atoms with Gasteiger partial charge < -0.3 is 9.80 Å². The van der Waals surface area contributed by atoms with Gasteiger partial charge in [0.05, 0.1) is 37.3 Å². The highest BCUT2D eigenvalue weighted by Crippen LogP contribution is 2.16. The fraction of sp³-hybridized carbons (Fsp3) is 0.933. The zero-order chi connectivity index (χ0) is 29.0. The quantitative estimate of drug-likeness (QED) is 0.123. The predicted octanol–water partition coefficient (Wildman–Crippen LogP) is 6.21. The molecule has 0 rings (SSSR count). The van der Waals surface area contributed by atoms with Crippen LogP contribution in [0.2, 0.25) is 0 Å². The third kappa shape index (κ3) is 11.7. The van der Waals surface area contributed by atoms with E-state index in [0.29, 0.717) is 48.3 Å². The first kappa shape index (κ1) is 35.9. The van der Waals surface area contributed by atoms with Crippen LogP contribution in [-0.4, -0.2) is 104 Å². The fourth-order valence-corrected chi connectivity index (χ4v) is 6.12. The smallest absolute Gasteiger partial charge is 0.338 e. The van der Waals surface area contributed by atoms with Gasteiger partial charge in [-0.2, -0.15) is 11.8 Å². The molecule has 0 amide bonds. The Morgan fingerprint density at radius 1 is 0.595 bits per heavy atom. The van der Waals surface area contributed by atoms with Gasteiger partial charge in [0.25, 0.3) is 0 Å². The van der Waals surface area contributed by atoms with Gasteiger partial charge in [-0.3, -0.25) is 19.8 Å². The summed E-state index contributed by atoms with van der Waals surface area (Å²) >= 11 is 1.99. The lowest BCUT2D eigenvalue weighted by atomic mass is 10.2. The first-order chi connectivity index (χ1) is 17.1. The Balaban J connectivity index is 5.49. The van der Waals surface area contributed by atoms with Crippen LogP contribution in [0.1, 0.15) is 111 Å². The molecule has 220 valence electrons. The van der Waals surface area contributed by atoms with E-state index in [-0.39, 0.29) is 0 Å². The van der Waals surface area contributed by atoms with Crippen molar-refractivity contribution in [2.45, 2.75) is 159 Å². The molecule has 7 heteroatoms. The van der Waals surface area contributed by atoms with Crippen LogP contribution in [0.3, 0.4) is 0 Å². The van der Waals surface area contributed by atoms with E-state index in [9.17, 15) is 0 Å². The molecule has 0 fully saturated rings. The molecule has 0 unspecified atom stereocenters. The van der Waals surface area contributed by atoms with Crippen molar-refractivity contribution in [2.75, 3.05) is 24.6 Å². The summed E-state index contributed by atoms with van der Waals surface area (Å²) in [5.41, 5.74) is 0. The first-order valence-electron chi connectivity index (χ1n) is 14.9. The van der Waals surface area contributed by atoms with Crippen molar-refractivity contribution in [3.8, 4) is 0 Å². The van der Waals surface area contributed by atoms with E-state index in [1.807, 2.05) is 11.8 Å². The molecule has 0 atom stereocenters. The SMILES string of the molecule is CC(C)N(C(=NCCSCCNC(N(C(C)C)C(C)C)=[N+](C(C)C)C(C)C)N(C(C)C)C(C)C)C(C)C. The summed E-state index contributed by atoms with van der Waals surface area (Å²) in [5, 5.41) is 3.84. The second kappa shape index (κ2) is 17.5. The Labute approximate surface area is 236 Å². The number of hydrogen-bond acceptors (Lipinski definition) is 2. The van der Waals surface area contributed by atoms with Crippen LogP contribution in [-0.2, 0) is 0 Å². The van der Waals surface area contributed by atoms with Gasteiger partial charge >= 0.3 is 5.96 Å². The average Bonchev–Trinajstić information content (AvgIpc) is 2.70. The Kier molecular flexibility index (Phi) is 16.9. The Bertz CT molecular complexity index is 624. The highest BCUT2D eigenvalue weighted by atomic mass is 32.2. The molecule has 0 spiro atoms. The molecule has 0 aromatic rings. The molecule has 6 nitrogen and oxygen atoms in total. The van der Waals surface area contributed by atoms with Gasteiger partial charge in [0.1, 0.15) is 0 Å². The summed E-state index contributed by atoms with van der Waals surface area (Å²) in [5.74, 6) is 4.52. The molecule has 0 heterocycles. The van der Waals surface area contributed by atoms with E-state index in [4.69, 9.17) is 4.99 Å². The number of rotatable bonds is 14. The normalized spacial score (nSPS) is 12.1. The molecular weight excluding hydrogens is 476 g/mol. The summed E-state index contributed by atoms with van der Waals surface area (Å²) in [6.45, 7) is 38.3. The molecular formula is C30H65N6S+. The van der Waals surface area contributed by atoms with Crippen LogP contribution in [0, 0.1) is 0 Å². The zero-order valence-electron chi connectivity index (χ0n) is 27.6. The minimum atomic E-state index is 0.416. The predicted molar refractivity (Wildman–Crippen MR) is 170 cm³/mol. The molecule has 0 radical (unpaired) electrons. The third-order valence-corrected chi connectivity index (χ3v) is 7.38. The lowest BCUT2D eigenvalue weighted by molar-refractivity contribution is -0.594. The van der Waals surface area contributed by atoms with Crippen LogP contribution in [0.5, 0.6) is 0 Å². The van der Waals surface area contributed by atoms with Crippen LogP contribution < -0.4 is 5.32 Å². The van der Waals surface area contributed by atoms with E-state index >= 15 is 0 Å². The molecule has 0 aromatic carbocycles. The summed E-state index contributed by atoms with van der Waals surface area (Å²) in [7, 11) is 0. The maximum atomic E-state index is 5.20. The highest BCUT2D eigenvalue weighted by molar-refractivity contribution is 7.99. The van der Waals surface area contributed by atoms with Crippen molar-refractivity contribution in [1.29, 1.82) is 0 Å². The Morgan fingerprint density at radius 3 is 1.30 bits per heavy atom. The van der Waals surface area contributed by atoms with Crippen LogP contribution in [0.4, 0.5) is 0 Å². The maximum absolute atomic E-state index is 5.20. The molecule has 0 bridgehead atoms. The van der Waals surface area contributed by atoms with Crippen molar-refractivity contribution in [1.82, 2.24) is 20.0 Å². The van der Waals surface area contributed by atoms with Gasteiger partial charge in [-0.25, -0.2) is 0 Å². The minimum absolute atomic E-state index is 0.416. The molecule has 0 saturated heterocycles. The molecule has 0 aliphatic carbocycles. The molecule has 0 aliphatic rings. The van der Waals surface area contributed by atoms with Crippen molar-refractivity contribution in [2.24, 2.45) is 4.99 Å².